The summed E-state index contributed by atoms with van der Waals surface area (Å²) in [5, 5.41) is 28.4. The van der Waals surface area contributed by atoms with Gasteiger partial charge in [0.05, 0.1) is 25.9 Å². The first-order valence-corrected chi connectivity index (χ1v) is 23.1. The summed E-state index contributed by atoms with van der Waals surface area (Å²) in [6, 6.07) is 0. The highest BCUT2D eigenvalue weighted by Gasteiger charge is 2.27. The fourth-order valence-electron chi connectivity index (χ4n) is 5.60. The lowest BCUT2D eigenvalue weighted by Gasteiger charge is -2.20. The van der Waals surface area contributed by atoms with Gasteiger partial charge in [-0.1, -0.05) is 159 Å². The summed E-state index contributed by atoms with van der Waals surface area (Å²) in [5.41, 5.74) is 0. The summed E-state index contributed by atoms with van der Waals surface area (Å²) >= 11 is 0. The lowest BCUT2D eigenvalue weighted by molar-refractivity contribution is -0.161. The lowest BCUT2D eigenvalue weighted by Crippen LogP contribution is -2.29. The largest absolute Gasteiger partial charge is 0.472 e. The van der Waals surface area contributed by atoms with Crippen LogP contribution in [0.25, 0.3) is 0 Å². The average Bonchev–Trinajstić information content (AvgIpc) is 3.16. The van der Waals surface area contributed by atoms with Gasteiger partial charge in [0.2, 0.25) is 0 Å². The van der Waals surface area contributed by atoms with Crippen LogP contribution < -0.4 is 0 Å². The molecular weight excluding hydrogens is 735 g/mol. The van der Waals surface area contributed by atoms with Crippen LogP contribution in [-0.4, -0.2) is 76.9 Å². The molecule has 0 aromatic carbocycles. The van der Waals surface area contributed by atoms with Crippen molar-refractivity contribution in [2.45, 2.75) is 187 Å². The number of allylic oxidation sites excluding steroid dienone is 6. The zero-order valence-electron chi connectivity index (χ0n) is 35.1. The Balaban J connectivity index is 4.46. The normalized spacial score (nSPS) is 15.0. The first-order chi connectivity index (χ1) is 27.0. The third-order valence-corrected chi connectivity index (χ3v) is 9.95. The number of unbranched alkanes of at least 4 members (excludes halogenated alkanes) is 15. The fourth-order valence-corrected chi connectivity index (χ4v) is 6.39. The maximum atomic E-state index is 12.6. The quantitative estimate of drug-likeness (QED) is 0.0153. The smallest absolute Gasteiger partial charge is 0.462 e. The predicted molar refractivity (Wildman–Crippen MR) is 225 cm³/mol. The molecule has 0 aliphatic carbocycles. The van der Waals surface area contributed by atoms with Gasteiger partial charge in [0.25, 0.3) is 0 Å². The van der Waals surface area contributed by atoms with Crippen LogP contribution in [0, 0.1) is 5.92 Å². The Hall–Kier alpha value is -2.11. The van der Waals surface area contributed by atoms with Gasteiger partial charge in [-0.25, -0.2) is 4.57 Å². The van der Waals surface area contributed by atoms with Crippen LogP contribution in [-0.2, 0) is 32.7 Å². The van der Waals surface area contributed by atoms with E-state index in [1.807, 2.05) is 36.5 Å². The van der Waals surface area contributed by atoms with Gasteiger partial charge >= 0.3 is 19.8 Å². The standard InChI is InChI=1S/C44H79O11P/c1-4-5-6-7-15-21-26-31-40(46)32-27-22-17-14-19-24-29-34-44(49)55-42(38-54-56(50,51)53-36-41(47)35-45)37-52-43(48)33-28-23-18-13-11-9-8-10-12-16-20-25-30-39(2)3/h14-15,19,21-22,26-27,31,39-42,45-47H,4-13,16-18,20,23-25,28-30,32-38H2,1-3H3,(H,50,51)/b19-14+,21-15-,27-22-,31-26-/t40-,41-,42+/m0/s1. The van der Waals surface area contributed by atoms with E-state index in [1.165, 1.54) is 77.0 Å². The molecular formula is C44H79O11P. The Kier molecular flexibility index (Phi) is 37.0. The molecule has 56 heavy (non-hydrogen) atoms. The fraction of sp³-hybridized carbons (Fsp3) is 0.773. The van der Waals surface area contributed by atoms with E-state index in [9.17, 15) is 29.3 Å². The molecule has 326 valence electrons. The molecule has 0 aromatic heterocycles. The zero-order valence-corrected chi connectivity index (χ0v) is 36.0. The number of esters is 2. The molecule has 0 aliphatic rings. The third kappa shape index (κ3) is 38.7. The van der Waals surface area contributed by atoms with Crippen molar-refractivity contribution in [2.24, 2.45) is 5.92 Å². The van der Waals surface area contributed by atoms with Gasteiger partial charge in [-0.2, -0.15) is 0 Å². The Bertz CT molecular complexity index is 1100. The second-order valence-corrected chi connectivity index (χ2v) is 16.5. The van der Waals surface area contributed by atoms with Crippen LogP contribution in [0.1, 0.15) is 168 Å². The number of carbonyl (C=O) groups is 2. The minimum Gasteiger partial charge on any atom is -0.462 e. The Labute approximate surface area is 339 Å². The summed E-state index contributed by atoms with van der Waals surface area (Å²) < 4.78 is 32.6. The number of phosphoric ester groups is 1. The van der Waals surface area contributed by atoms with Gasteiger partial charge < -0.3 is 29.7 Å². The van der Waals surface area contributed by atoms with Crippen LogP contribution >= 0.6 is 7.82 Å². The van der Waals surface area contributed by atoms with E-state index in [0.717, 1.165) is 31.6 Å². The highest BCUT2D eigenvalue weighted by Crippen LogP contribution is 2.43. The van der Waals surface area contributed by atoms with Crippen LogP contribution in [0.4, 0.5) is 0 Å². The molecule has 12 heteroatoms. The van der Waals surface area contributed by atoms with E-state index in [4.69, 9.17) is 19.1 Å². The van der Waals surface area contributed by atoms with Crippen LogP contribution in [0.15, 0.2) is 48.6 Å². The van der Waals surface area contributed by atoms with Gasteiger partial charge in [-0.05, 0) is 50.9 Å². The molecule has 0 spiro atoms. The summed E-state index contributed by atoms with van der Waals surface area (Å²) in [4.78, 5) is 35.0. The van der Waals surface area contributed by atoms with Crippen molar-refractivity contribution in [1.82, 2.24) is 0 Å². The molecule has 0 amide bonds. The summed E-state index contributed by atoms with van der Waals surface area (Å²) in [6.45, 7) is 4.51. The number of hydrogen-bond acceptors (Lipinski definition) is 10. The first-order valence-electron chi connectivity index (χ1n) is 21.6. The van der Waals surface area contributed by atoms with Crippen molar-refractivity contribution >= 4 is 19.8 Å². The van der Waals surface area contributed by atoms with Crippen molar-refractivity contribution < 1.29 is 52.9 Å². The van der Waals surface area contributed by atoms with Crippen molar-refractivity contribution in [3.05, 3.63) is 48.6 Å². The van der Waals surface area contributed by atoms with E-state index in [-0.39, 0.29) is 19.4 Å². The number of aliphatic hydroxyl groups excluding tert-OH is 3. The molecule has 0 fully saturated rings. The highest BCUT2D eigenvalue weighted by molar-refractivity contribution is 7.47. The SMILES string of the molecule is CCCCC/C=C\C=C/[C@H](O)C/C=C\C/C=C/CCCC(=O)O[C@H](COC(=O)CCCCCCCCCCCCCCC(C)C)COP(=O)(O)OC[C@@H](O)CO. The number of phosphoric acid groups is 1. The highest BCUT2D eigenvalue weighted by atomic mass is 31.2. The predicted octanol–water partition coefficient (Wildman–Crippen LogP) is 10.2. The van der Waals surface area contributed by atoms with Crippen molar-refractivity contribution in [3.8, 4) is 0 Å². The number of ether oxygens (including phenoxy) is 2. The average molecular weight is 815 g/mol. The molecule has 4 atom stereocenters. The van der Waals surface area contributed by atoms with Gasteiger partial charge in [0.15, 0.2) is 6.10 Å². The van der Waals surface area contributed by atoms with E-state index < -0.39 is 57.9 Å². The molecule has 4 N–H and O–H groups in total. The van der Waals surface area contributed by atoms with Crippen LogP contribution in [0.2, 0.25) is 0 Å². The number of rotatable bonds is 39. The Morgan fingerprint density at radius 1 is 0.661 bits per heavy atom. The molecule has 0 radical (unpaired) electrons. The first kappa shape index (κ1) is 53.9. The second kappa shape index (κ2) is 38.4. The maximum absolute atomic E-state index is 12.6. The van der Waals surface area contributed by atoms with Crippen molar-refractivity contribution in [3.63, 3.8) is 0 Å². The van der Waals surface area contributed by atoms with Crippen molar-refractivity contribution in [2.75, 3.05) is 26.4 Å². The molecule has 0 saturated heterocycles. The monoisotopic (exact) mass is 815 g/mol. The molecule has 0 bridgehead atoms. The van der Waals surface area contributed by atoms with E-state index in [0.29, 0.717) is 32.1 Å². The summed E-state index contributed by atoms with van der Waals surface area (Å²) in [6.07, 6.45) is 35.4. The van der Waals surface area contributed by atoms with Crippen molar-refractivity contribution in [1.29, 1.82) is 0 Å². The summed E-state index contributed by atoms with van der Waals surface area (Å²) in [5.74, 6) is -0.229. The zero-order chi connectivity index (χ0) is 41.5. The molecule has 0 aliphatic heterocycles. The molecule has 11 nitrogen and oxygen atoms in total. The van der Waals surface area contributed by atoms with E-state index >= 15 is 0 Å². The minimum atomic E-state index is -4.65. The topological polar surface area (TPSA) is 169 Å². The van der Waals surface area contributed by atoms with Gasteiger partial charge in [0, 0.05) is 12.8 Å². The minimum absolute atomic E-state index is 0.0740. The number of carbonyl (C=O) groups excluding carboxylic acids is 2. The Morgan fingerprint density at radius 2 is 1.25 bits per heavy atom. The molecule has 0 saturated carbocycles. The van der Waals surface area contributed by atoms with Gasteiger partial charge in [-0.15, -0.1) is 0 Å². The second-order valence-electron chi connectivity index (χ2n) is 15.0. The lowest BCUT2D eigenvalue weighted by atomic mass is 10.0. The summed E-state index contributed by atoms with van der Waals surface area (Å²) in [7, 11) is -4.65. The van der Waals surface area contributed by atoms with Gasteiger partial charge in [0.1, 0.15) is 12.7 Å². The van der Waals surface area contributed by atoms with Crippen LogP contribution in [0.5, 0.6) is 0 Å². The number of hydrogen-bond donors (Lipinski definition) is 4. The molecule has 1 unspecified atom stereocenters. The molecule has 0 heterocycles. The van der Waals surface area contributed by atoms with Crippen LogP contribution in [0.3, 0.4) is 0 Å². The molecule has 0 rings (SSSR count). The van der Waals surface area contributed by atoms with E-state index in [2.05, 4.69) is 31.4 Å². The third-order valence-electron chi connectivity index (χ3n) is 8.99. The van der Waals surface area contributed by atoms with Gasteiger partial charge in [-0.3, -0.25) is 18.6 Å². The van der Waals surface area contributed by atoms with E-state index in [1.54, 1.807) is 6.08 Å². The maximum Gasteiger partial charge on any atom is 0.472 e. The number of aliphatic hydroxyl groups is 3. The Morgan fingerprint density at radius 3 is 1.89 bits per heavy atom. The molecule has 0 aromatic rings.